The van der Waals surface area contributed by atoms with E-state index in [4.69, 9.17) is 5.11 Å². The highest BCUT2D eigenvalue weighted by atomic mass is 32.1. The minimum atomic E-state index is -0.981. The number of carbonyl (C=O) groups excluding carboxylic acids is 1. The van der Waals surface area contributed by atoms with Crippen molar-refractivity contribution in [1.29, 1.82) is 0 Å². The van der Waals surface area contributed by atoms with Crippen molar-refractivity contribution in [1.82, 2.24) is 10.2 Å². The molecule has 2 aromatic carbocycles. The first-order valence-corrected chi connectivity index (χ1v) is 7.90. The van der Waals surface area contributed by atoms with Gasteiger partial charge in [0.2, 0.25) is 5.13 Å². The van der Waals surface area contributed by atoms with Gasteiger partial charge in [-0.15, -0.1) is 10.2 Å². The van der Waals surface area contributed by atoms with Crippen molar-refractivity contribution < 1.29 is 14.7 Å². The number of rotatable bonds is 4. The predicted octanol–water partition coefficient (Wildman–Crippen LogP) is 3.46. The average Bonchev–Trinajstić information content (AvgIpc) is 3.03. The molecule has 0 spiro atoms. The molecule has 1 aromatic heterocycles. The summed E-state index contributed by atoms with van der Waals surface area (Å²) in [4.78, 5) is 23.1. The number of aromatic carboxylic acids is 1. The molecule has 0 fully saturated rings. The number of anilines is 1. The summed E-state index contributed by atoms with van der Waals surface area (Å²) in [6, 6.07) is 13.6. The zero-order chi connectivity index (χ0) is 17.1. The standard InChI is InChI=1S/C17H13N3O3S/c1-10-4-2-3-5-13(10)14(21)18-17-20-19-15(24-17)11-6-8-12(9-7-11)16(22)23/h2-9H,1H3,(H,22,23)(H,18,20,21). The zero-order valence-corrected chi connectivity index (χ0v) is 13.5. The first-order valence-electron chi connectivity index (χ1n) is 7.09. The monoisotopic (exact) mass is 339 g/mol. The smallest absolute Gasteiger partial charge is 0.335 e. The largest absolute Gasteiger partial charge is 0.478 e. The number of hydrogen-bond acceptors (Lipinski definition) is 5. The van der Waals surface area contributed by atoms with Gasteiger partial charge in [-0.25, -0.2) is 4.79 Å². The summed E-state index contributed by atoms with van der Waals surface area (Å²) in [6.07, 6.45) is 0. The second kappa shape index (κ2) is 6.59. The van der Waals surface area contributed by atoms with Crippen LogP contribution in [0.2, 0.25) is 0 Å². The van der Waals surface area contributed by atoms with Crippen molar-refractivity contribution in [3.63, 3.8) is 0 Å². The molecule has 120 valence electrons. The van der Waals surface area contributed by atoms with Crippen LogP contribution in [0.5, 0.6) is 0 Å². The van der Waals surface area contributed by atoms with E-state index >= 15 is 0 Å². The van der Waals surface area contributed by atoms with Crippen LogP contribution in [0.1, 0.15) is 26.3 Å². The molecule has 0 aliphatic carbocycles. The molecule has 3 aromatic rings. The number of carboxylic acid groups (broad SMARTS) is 1. The molecule has 2 N–H and O–H groups in total. The Balaban J connectivity index is 1.77. The number of aryl methyl sites for hydroxylation is 1. The van der Waals surface area contributed by atoms with E-state index in [-0.39, 0.29) is 11.5 Å². The molecule has 3 rings (SSSR count). The van der Waals surface area contributed by atoms with Gasteiger partial charge in [0.15, 0.2) is 0 Å². The second-order valence-electron chi connectivity index (χ2n) is 5.06. The fraction of sp³-hybridized carbons (Fsp3) is 0.0588. The van der Waals surface area contributed by atoms with Gasteiger partial charge in [0.25, 0.3) is 5.91 Å². The molecular weight excluding hydrogens is 326 g/mol. The summed E-state index contributed by atoms with van der Waals surface area (Å²) < 4.78 is 0. The number of amides is 1. The van der Waals surface area contributed by atoms with Gasteiger partial charge in [-0.05, 0) is 30.7 Å². The summed E-state index contributed by atoms with van der Waals surface area (Å²) in [6.45, 7) is 1.87. The third-order valence-corrected chi connectivity index (χ3v) is 4.30. The van der Waals surface area contributed by atoms with E-state index in [1.54, 1.807) is 24.3 Å². The lowest BCUT2D eigenvalue weighted by Gasteiger charge is -2.03. The minimum absolute atomic E-state index is 0.205. The van der Waals surface area contributed by atoms with Gasteiger partial charge >= 0.3 is 5.97 Å². The Morgan fingerprint density at radius 1 is 1.04 bits per heavy atom. The van der Waals surface area contributed by atoms with E-state index in [2.05, 4.69) is 15.5 Å². The highest BCUT2D eigenvalue weighted by Gasteiger charge is 2.13. The summed E-state index contributed by atoms with van der Waals surface area (Å²) in [5.41, 5.74) is 2.41. The molecule has 24 heavy (non-hydrogen) atoms. The fourth-order valence-electron chi connectivity index (χ4n) is 2.14. The quantitative estimate of drug-likeness (QED) is 0.759. The first kappa shape index (κ1) is 15.8. The van der Waals surface area contributed by atoms with E-state index in [9.17, 15) is 9.59 Å². The molecule has 6 nitrogen and oxygen atoms in total. The van der Waals surface area contributed by atoms with Gasteiger partial charge in [0.05, 0.1) is 5.56 Å². The lowest BCUT2D eigenvalue weighted by atomic mass is 10.1. The van der Waals surface area contributed by atoms with Crippen molar-refractivity contribution in [2.75, 3.05) is 5.32 Å². The van der Waals surface area contributed by atoms with Crippen molar-refractivity contribution in [3.8, 4) is 10.6 Å². The van der Waals surface area contributed by atoms with Crippen LogP contribution < -0.4 is 5.32 Å². The van der Waals surface area contributed by atoms with Crippen LogP contribution >= 0.6 is 11.3 Å². The maximum atomic E-state index is 12.3. The number of carbonyl (C=O) groups is 2. The van der Waals surface area contributed by atoms with Crippen molar-refractivity contribution in [2.45, 2.75) is 6.92 Å². The lowest BCUT2D eigenvalue weighted by molar-refractivity contribution is 0.0696. The van der Waals surface area contributed by atoms with Gasteiger partial charge in [0.1, 0.15) is 5.01 Å². The van der Waals surface area contributed by atoms with Gasteiger partial charge < -0.3 is 5.11 Å². The molecule has 0 saturated carbocycles. The number of hydrogen-bond donors (Lipinski definition) is 2. The Hall–Kier alpha value is -3.06. The molecule has 0 aliphatic rings. The molecule has 0 atom stereocenters. The molecule has 7 heteroatoms. The Bertz CT molecular complexity index is 903. The Morgan fingerprint density at radius 3 is 2.42 bits per heavy atom. The van der Waals surface area contributed by atoms with Crippen LogP contribution in [0.25, 0.3) is 10.6 Å². The highest BCUT2D eigenvalue weighted by Crippen LogP contribution is 2.27. The number of nitrogens with zero attached hydrogens (tertiary/aromatic N) is 2. The maximum Gasteiger partial charge on any atom is 0.335 e. The minimum Gasteiger partial charge on any atom is -0.478 e. The third-order valence-electron chi connectivity index (χ3n) is 3.41. The molecule has 0 bridgehead atoms. The average molecular weight is 339 g/mol. The Kier molecular flexibility index (Phi) is 4.35. The van der Waals surface area contributed by atoms with Crippen LogP contribution in [0.3, 0.4) is 0 Å². The normalized spacial score (nSPS) is 10.4. The van der Waals surface area contributed by atoms with Crippen LogP contribution in [0.15, 0.2) is 48.5 Å². The fourth-order valence-corrected chi connectivity index (χ4v) is 2.88. The van der Waals surface area contributed by atoms with Crippen LogP contribution in [-0.2, 0) is 0 Å². The summed E-state index contributed by atoms with van der Waals surface area (Å²) in [7, 11) is 0. The molecule has 1 heterocycles. The first-order chi connectivity index (χ1) is 11.5. The SMILES string of the molecule is Cc1ccccc1C(=O)Nc1nnc(-c2ccc(C(=O)O)cc2)s1. The Labute approximate surface area is 141 Å². The predicted molar refractivity (Wildman–Crippen MR) is 91.4 cm³/mol. The van der Waals surface area contributed by atoms with Gasteiger partial charge in [-0.3, -0.25) is 10.1 Å². The van der Waals surface area contributed by atoms with E-state index in [0.717, 1.165) is 11.1 Å². The topological polar surface area (TPSA) is 92.2 Å². The van der Waals surface area contributed by atoms with Crippen molar-refractivity contribution >= 4 is 28.3 Å². The van der Waals surface area contributed by atoms with Crippen LogP contribution in [0, 0.1) is 6.92 Å². The molecule has 0 radical (unpaired) electrons. The Morgan fingerprint density at radius 2 is 1.75 bits per heavy atom. The van der Waals surface area contributed by atoms with E-state index in [1.807, 2.05) is 19.1 Å². The third kappa shape index (κ3) is 3.31. The van der Waals surface area contributed by atoms with Crippen LogP contribution in [0.4, 0.5) is 5.13 Å². The second-order valence-corrected chi connectivity index (χ2v) is 6.04. The van der Waals surface area contributed by atoms with Crippen molar-refractivity contribution in [2.24, 2.45) is 0 Å². The van der Waals surface area contributed by atoms with Gasteiger partial charge in [-0.2, -0.15) is 0 Å². The van der Waals surface area contributed by atoms with Crippen molar-refractivity contribution in [3.05, 3.63) is 65.2 Å². The highest BCUT2D eigenvalue weighted by molar-refractivity contribution is 7.18. The summed E-state index contributed by atoms with van der Waals surface area (Å²) in [5.74, 6) is -1.22. The summed E-state index contributed by atoms with van der Waals surface area (Å²) in [5, 5.41) is 20.6. The number of nitrogens with one attached hydrogen (secondary N) is 1. The van der Waals surface area contributed by atoms with E-state index in [0.29, 0.717) is 15.7 Å². The van der Waals surface area contributed by atoms with Gasteiger partial charge in [0, 0.05) is 11.1 Å². The molecule has 0 saturated heterocycles. The number of benzene rings is 2. The zero-order valence-electron chi connectivity index (χ0n) is 12.7. The number of aromatic nitrogens is 2. The van der Waals surface area contributed by atoms with E-state index < -0.39 is 5.97 Å². The van der Waals surface area contributed by atoms with Gasteiger partial charge in [-0.1, -0.05) is 41.7 Å². The lowest BCUT2D eigenvalue weighted by Crippen LogP contribution is -2.12. The van der Waals surface area contributed by atoms with Crippen LogP contribution in [-0.4, -0.2) is 27.2 Å². The molecule has 0 unspecified atom stereocenters. The molecule has 0 aliphatic heterocycles. The van der Waals surface area contributed by atoms with E-state index in [1.165, 1.54) is 23.5 Å². The maximum absolute atomic E-state index is 12.3. The number of carboxylic acids is 1. The molecular formula is C17H13N3O3S. The summed E-state index contributed by atoms with van der Waals surface area (Å²) >= 11 is 1.23. The molecule has 1 amide bonds.